The van der Waals surface area contributed by atoms with Crippen LogP contribution in [0.3, 0.4) is 0 Å². The summed E-state index contributed by atoms with van der Waals surface area (Å²) >= 11 is 0. The summed E-state index contributed by atoms with van der Waals surface area (Å²) in [5.41, 5.74) is -4.11. The third-order valence-corrected chi connectivity index (χ3v) is 10.5. The lowest BCUT2D eigenvalue weighted by atomic mass is 9.72. The zero-order chi connectivity index (χ0) is 41.6. The molecule has 1 fully saturated rings. The molecule has 6 atom stereocenters. The van der Waals surface area contributed by atoms with Gasteiger partial charge in [-0.2, -0.15) is 0 Å². The first-order valence-corrected chi connectivity index (χ1v) is 19.1. The predicted molar refractivity (Wildman–Crippen MR) is 199 cm³/mol. The van der Waals surface area contributed by atoms with E-state index in [9.17, 15) is 49.5 Å². The van der Waals surface area contributed by atoms with Gasteiger partial charge in [0, 0.05) is 61.9 Å². The molecule has 1 unspecified atom stereocenters. The normalized spacial score (nSPS) is 24.0. The smallest absolute Gasteiger partial charge is 0.220 e. The zero-order valence-corrected chi connectivity index (χ0v) is 32.5. The van der Waals surface area contributed by atoms with Crippen molar-refractivity contribution in [2.24, 2.45) is 5.92 Å². The third-order valence-electron chi connectivity index (χ3n) is 10.5. The quantitative estimate of drug-likeness (QED) is 0.0703. The average Bonchev–Trinajstić information content (AvgIpc) is 3.17. The fourth-order valence-corrected chi connectivity index (χ4v) is 7.36. The number of carbonyl (C=O) groups excluding carboxylic acids is 5. The number of benzene rings is 2. The van der Waals surface area contributed by atoms with Gasteiger partial charge in [0.15, 0.2) is 17.9 Å². The number of aliphatic hydroxyl groups is 3. The van der Waals surface area contributed by atoms with E-state index < -0.39 is 102 Å². The molecule has 2 aromatic carbocycles. The third kappa shape index (κ3) is 9.63. The highest BCUT2D eigenvalue weighted by Crippen LogP contribution is 2.52. The molecule has 312 valence electrons. The van der Waals surface area contributed by atoms with Crippen LogP contribution in [0.15, 0.2) is 18.2 Å². The van der Waals surface area contributed by atoms with E-state index in [4.69, 9.17) is 23.7 Å². The second-order valence-corrected chi connectivity index (χ2v) is 14.9. The van der Waals surface area contributed by atoms with Crippen molar-refractivity contribution in [3.05, 3.63) is 51.6 Å². The van der Waals surface area contributed by atoms with Gasteiger partial charge in [0.2, 0.25) is 17.6 Å². The molecule has 2 aromatic rings. The standard InChI is InChI=1S/C40H52N2O15/c1-20(2)10-12-54-14-15-55-13-11-41-28(45)8-9-29(46)42-24-16-30(56-21(3)35(24)47)57-26-18-40(52,27(44)19-43)17-23-32(26)39(51)34-33(37(23)49)36(48)22-6-5-7-25(53-4)31(22)38(34)50/h5-7,20-21,24,26,30,35,43,47,49,51-52H,8-19H2,1-4H3,(H,41,45)(H,42,46)/t21-,24-,26-,30?,35+,40-/m0/s1. The molecule has 3 aliphatic rings. The van der Waals surface area contributed by atoms with E-state index >= 15 is 0 Å². The molecule has 17 nitrogen and oxygen atoms in total. The maximum atomic E-state index is 13.9. The van der Waals surface area contributed by atoms with E-state index in [1.807, 2.05) is 0 Å². The van der Waals surface area contributed by atoms with Gasteiger partial charge >= 0.3 is 0 Å². The number of hydrogen-bond donors (Lipinski definition) is 7. The summed E-state index contributed by atoms with van der Waals surface area (Å²) in [5, 5.41) is 60.9. The molecule has 1 heterocycles. The predicted octanol–water partition coefficient (Wildman–Crippen LogP) is 1.13. The number of nitrogens with one attached hydrogen (secondary N) is 2. The highest BCUT2D eigenvalue weighted by atomic mass is 16.7. The summed E-state index contributed by atoms with van der Waals surface area (Å²) in [6.07, 6.45) is -5.69. The summed E-state index contributed by atoms with van der Waals surface area (Å²) < 4.78 is 28.3. The lowest BCUT2D eigenvalue weighted by molar-refractivity contribution is -0.249. The number of carbonyl (C=O) groups is 5. The van der Waals surface area contributed by atoms with Gasteiger partial charge in [-0.15, -0.1) is 0 Å². The van der Waals surface area contributed by atoms with Crippen molar-refractivity contribution in [3.8, 4) is 17.2 Å². The van der Waals surface area contributed by atoms with Crippen LogP contribution in [0.1, 0.15) is 102 Å². The number of aliphatic hydroxyl groups excluding tert-OH is 2. The monoisotopic (exact) mass is 800 g/mol. The van der Waals surface area contributed by atoms with Crippen LogP contribution in [0, 0.1) is 5.92 Å². The SMILES string of the molecule is COc1cccc2c1C(=O)c1c(O)c3c(c(O)c1C2=O)C[C@@](O)(C(=O)CO)C[C@@H]3OC1C[C@H](NC(=O)CCC(=O)NCCOCCOCCC(C)C)[C@H](O)[C@H](C)O1. The molecule has 57 heavy (non-hydrogen) atoms. The average molecular weight is 801 g/mol. The molecule has 0 bridgehead atoms. The zero-order valence-electron chi connectivity index (χ0n) is 32.5. The Morgan fingerprint density at radius 3 is 2.33 bits per heavy atom. The highest BCUT2D eigenvalue weighted by molar-refractivity contribution is 6.31. The van der Waals surface area contributed by atoms with Crippen molar-refractivity contribution in [2.45, 2.75) is 95.5 Å². The van der Waals surface area contributed by atoms with Gasteiger partial charge in [0.25, 0.3) is 0 Å². The van der Waals surface area contributed by atoms with Crippen LogP contribution in [-0.4, -0.2) is 132 Å². The van der Waals surface area contributed by atoms with Crippen LogP contribution in [0.2, 0.25) is 0 Å². The highest BCUT2D eigenvalue weighted by Gasteiger charge is 2.50. The molecule has 0 saturated carbocycles. The molecule has 1 aliphatic heterocycles. The number of ether oxygens (including phenoxy) is 5. The number of aromatic hydroxyl groups is 2. The second kappa shape index (κ2) is 18.8. The Hall–Kier alpha value is -4.49. The lowest BCUT2D eigenvalue weighted by Gasteiger charge is -2.43. The van der Waals surface area contributed by atoms with Crippen LogP contribution in [0.5, 0.6) is 17.2 Å². The van der Waals surface area contributed by atoms with Crippen LogP contribution in [-0.2, 0) is 39.8 Å². The van der Waals surface area contributed by atoms with Crippen molar-refractivity contribution < 1.29 is 73.2 Å². The van der Waals surface area contributed by atoms with Crippen LogP contribution in [0.4, 0.5) is 0 Å². The minimum atomic E-state index is -2.35. The fraction of sp³-hybridized carbons (Fsp3) is 0.575. The van der Waals surface area contributed by atoms with Gasteiger partial charge < -0.3 is 59.9 Å². The molecule has 17 heteroatoms. The van der Waals surface area contributed by atoms with Gasteiger partial charge in [-0.05, 0) is 25.3 Å². The number of hydrogen-bond acceptors (Lipinski definition) is 15. The van der Waals surface area contributed by atoms with E-state index in [0.717, 1.165) is 6.42 Å². The topological polar surface area (TPSA) is 257 Å². The summed E-state index contributed by atoms with van der Waals surface area (Å²) in [5.74, 6) is -4.49. The Morgan fingerprint density at radius 1 is 0.965 bits per heavy atom. The first kappa shape index (κ1) is 43.6. The fourth-order valence-electron chi connectivity index (χ4n) is 7.36. The van der Waals surface area contributed by atoms with E-state index in [1.54, 1.807) is 0 Å². The Labute approximate surface area is 329 Å². The minimum Gasteiger partial charge on any atom is -0.507 e. The summed E-state index contributed by atoms with van der Waals surface area (Å²) in [6, 6.07) is 3.34. The van der Waals surface area contributed by atoms with E-state index in [0.29, 0.717) is 25.7 Å². The first-order valence-electron chi connectivity index (χ1n) is 19.1. The number of methoxy groups -OCH3 is 1. The molecular weight excluding hydrogens is 748 g/mol. The molecular formula is C40H52N2O15. The maximum Gasteiger partial charge on any atom is 0.220 e. The number of amides is 2. The number of Topliss-reactive ketones (excluding diaryl/α,β-unsaturated/α-hetero) is 1. The first-order chi connectivity index (χ1) is 27.1. The Bertz CT molecular complexity index is 1850. The summed E-state index contributed by atoms with van der Waals surface area (Å²) in [7, 11) is 1.30. The second-order valence-electron chi connectivity index (χ2n) is 14.9. The number of rotatable bonds is 18. The number of phenols is 2. The van der Waals surface area contributed by atoms with Crippen molar-refractivity contribution in [3.63, 3.8) is 0 Å². The molecule has 0 spiro atoms. The van der Waals surface area contributed by atoms with E-state index in [1.165, 1.54) is 32.2 Å². The molecule has 0 radical (unpaired) electrons. The van der Waals surface area contributed by atoms with Crippen LogP contribution >= 0.6 is 0 Å². The largest absolute Gasteiger partial charge is 0.507 e. The van der Waals surface area contributed by atoms with Gasteiger partial charge in [-0.25, -0.2) is 0 Å². The van der Waals surface area contributed by atoms with Crippen molar-refractivity contribution in [1.29, 1.82) is 0 Å². The molecule has 2 amide bonds. The van der Waals surface area contributed by atoms with Crippen molar-refractivity contribution in [1.82, 2.24) is 10.6 Å². The van der Waals surface area contributed by atoms with E-state index in [-0.39, 0.29) is 66.3 Å². The summed E-state index contributed by atoms with van der Waals surface area (Å²) in [6.45, 7) is 6.66. The van der Waals surface area contributed by atoms with Gasteiger partial charge in [0.1, 0.15) is 35.6 Å². The minimum absolute atomic E-state index is 0.0554. The van der Waals surface area contributed by atoms with Crippen molar-refractivity contribution >= 4 is 29.2 Å². The number of ketones is 3. The molecule has 2 aliphatic carbocycles. The van der Waals surface area contributed by atoms with E-state index in [2.05, 4.69) is 24.5 Å². The van der Waals surface area contributed by atoms with Gasteiger partial charge in [-0.1, -0.05) is 26.0 Å². The van der Waals surface area contributed by atoms with Gasteiger partial charge in [-0.3, -0.25) is 24.0 Å². The molecule has 5 rings (SSSR count). The van der Waals surface area contributed by atoms with Crippen LogP contribution < -0.4 is 15.4 Å². The maximum absolute atomic E-state index is 13.9. The molecule has 7 N–H and O–H groups in total. The molecule has 0 aromatic heterocycles. The number of phenolic OH excluding ortho intramolecular Hbond substituents is 2. The Morgan fingerprint density at radius 2 is 1.65 bits per heavy atom. The van der Waals surface area contributed by atoms with Crippen molar-refractivity contribution in [2.75, 3.05) is 46.7 Å². The Kier molecular flexibility index (Phi) is 14.4. The van der Waals surface area contributed by atoms with Crippen LogP contribution in [0.25, 0.3) is 0 Å². The summed E-state index contributed by atoms with van der Waals surface area (Å²) in [4.78, 5) is 65.9. The van der Waals surface area contributed by atoms with Gasteiger partial charge in [0.05, 0.1) is 61.9 Å². The Balaban J connectivity index is 1.27. The number of fused-ring (bicyclic) bond motifs is 3. The lowest BCUT2D eigenvalue weighted by Crippen LogP contribution is -2.56. The molecule has 1 saturated heterocycles.